The van der Waals surface area contributed by atoms with E-state index >= 15 is 0 Å². The van der Waals surface area contributed by atoms with E-state index in [0.29, 0.717) is 23.0 Å². The number of nitrogens with one attached hydrogen (secondary N) is 1. The third-order valence-electron chi connectivity index (χ3n) is 2.50. The quantitative estimate of drug-likeness (QED) is 0.493. The van der Waals surface area contributed by atoms with Gasteiger partial charge in [0.05, 0.1) is 6.21 Å². The number of nitrogens with zero attached hydrogens (tertiary/aromatic N) is 1. The van der Waals surface area contributed by atoms with Crippen LogP contribution in [-0.2, 0) is 11.2 Å². The van der Waals surface area contributed by atoms with E-state index in [1.165, 1.54) is 6.21 Å². The molecule has 0 aliphatic rings. The number of rotatable bonds is 5. The third-order valence-corrected chi connectivity index (χ3v) is 3.27. The zero-order valence-corrected chi connectivity index (χ0v) is 13.6. The maximum atomic E-state index is 11.9. The predicted molar refractivity (Wildman–Crippen MR) is 89.1 cm³/mol. The van der Waals surface area contributed by atoms with Crippen LogP contribution in [0.15, 0.2) is 33.9 Å². The number of allylic oxidation sites excluding steroid dienone is 1. The Morgan fingerprint density at radius 3 is 2.76 bits per heavy atom. The molecular formula is C15H13Cl3N2O. The van der Waals surface area contributed by atoms with Gasteiger partial charge in [-0.2, -0.15) is 0 Å². The maximum Gasteiger partial charge on any atom is 0.271 e. The first-order valence-electron chi connectivity index (χ1n) is 6.03. The van der Waals surface area contributed by atoms with Crippen LogP contribution in [0.2, 0.25) is 10.0 Å². The van der Waals surface area contributed by atoms with Crippen LogP contribution in [0.4, 0.5) is 0 Å². The van der Waals surface area contributed by atoms with Crippen molar-refractivity contribution in [2.75, 3.05) is 6.54 Å². The highest BCUT2D eigenvalue weighted by Crippen LogP contribution is 2.21. The highest BCUT2D eigenvalue weighted by atomic mass is 35.5. The zero-order chi connectivity index (χ0) is 15.8. The van der Waals surface area contributed by atoms with Crippen LogP contribution in [0.3, 0.4) is 0 Å². The Kier molecular flexibility index (Phi) is 7.31. The molecule has 1 amide bonds. The summed E-state index contributed by atoms with van der Waals surface area (Å²) >= 11 is 17.7. The van der Waals surface area contributed by atoms with Crippen LogP contribution in [-0.4, -0.2) is 18.7 Å². The second-order valence-electron chi connectivity index (χ2n) is 4.05. The SMILES string of the molecule is C#CC=N/C(C(=O)NCCc1ccc(Cl)cc1Cl)=C(\C)Cl. The van der Waals surface area contributed by atoms with Crippen molar-refractivity contribution in [1.82, 2.24) is 5.32 Å². The first-order chi connectivity index (χ1) is 9.95. The zero-order valence-electron chi connectivity index (χ0n) is 11.3. The molecule has 0 saturated heterocycles. The lowest BCUT2D eigenvalue weighted by Gasteiger charge is -2.07. The molecule has 0 aliphatic heterocycles. The standard InChI is InChI=1S/C15H13Cl3N2O/c1-3-7-19-14(10(2)16)15(21)20-8-6-11-4-5-12(17)9-13(11)18/h1,4-5,7,9H,6,8H2,2H3,(H,20,21)/b14-10+,19-7?. The molecule has 0 saturated carbocycles. The van der Waals surface area contributed by atoms with E-state index in [9.17, 15) is 4.79 Å². The molecule has 0 fully saturated rings. The second-order valence-corrected chi connectivity index (χ2v) is 5.46. The monoisotopic (exact) mass is 342 g/mol. The highest BCUT2D eigenvalue weighted by molar-refractivity contribution is 6.35. The molecule has 0 unspecified atom stereocenters. The summed E-state index contributed by atoms with van der Waals surface area (Å²) in [6, 6.07) is 5.22. The number of carbonyl (C=O) groups excluding carboxylic acids is 1. The van der Waals surface area contributed by atoms with Crippen LogP contribution < -0.4 is 5.32 Å². The van der Waals surface area contributed by atoms with E-state index in [0.717, 1.165) is 5.56 Å². The van der Waals surface area contributed by atoms with Crippen molar-refractivity contribution in [1.29, 1.82) is 0 Å². The van der Waals surface area contributed by atoms with Crippen molar-refractivity contribution in [2.45, 2.75) is 13.3 Å². The number of hydrogen-bond donors (Lipinski definition) is 1. The number of carbonyl (C=O) groups is 1. The van der Waals surface area contributed by atoms with Crippen molar-refractivity contribution in [3.63, 3.8) is 0 Å². The lowest BCUT2D eigenvalue weighted by Crippen LogP contribution is -2.27. The Balaban J connectivity index is 2.63. The lowest BCUT2D eigenvalue weighted by atomic mass is 10.1. The molecule has 3 nitrogen and oxygen atoms in total. The molecule has 0 atom stereocenters. The summed E-state index contributed by atoms with van der Waals surface area (Å²) < 4.78 is 0. The third kappa shape index (κ3) is 5.81. The summed E-state index contributed by atoms with van der Waals surface area (Å²) in [5.41, 5.74) is 0.985. The molecule has 0 radical (unpaired) electrons. The molecule has 0 spiro atoms. The molecule has 0 bridgehead atoms. The fraction of sp³-hybridized carbons (Fsp3) is 0.200. The van der Waals surface area contributed by atoms with Gasteiger partial charge in [-0.05, 0) is 31.0 Å². The van der Waals surface area contributed by atoms with Gasteiger partial charge in [0, 0.05) is 21.6 Å². The normalized spacial score (nSPS) is 12.0. The Hall–Kier alpha value is -1.47. The van der Waals surface area contributed by atoms with Gasteiger partial charge in [-0.3, -0.25) is 4.79 Å². The Labute approximate surface area is 139 Å². The van der Waals surface area contributed by atoms with Gasteiger partial charge in [0.1, 0.15) is 5.70 Å². The van der Waals surface area contributed by atoms with Crippen LogP contribution in [0.5, 0.6) is 0 Å². The van der Waals surface area contributed by atoms with Gasteiger partial charge in [-0.25, -0.2) is 4.99 Å². The van der Waals surface area contributed by atoms with E-state index in [1.807, 2.05) is 6.07 Å². The molecule has 0 aliphatic carbocycles. The van der Waals surface area contributed by atoms with Gasteiger partial charge in [0.25, 0.3) is 5.91 Å². The molecule has 6 heteroatoms. The van der Waals surface area contributed by atoms with E-state index in [2.05, 4.69) is 16.2 Å². The van der Waals surface area contributed by atoms with Crippen LogP contribution in [0.1, 0.15) is 12.5 Å². The van der Waals surface area contributed by atoms with Crippen LogP contribution in [0.25, 0.3) is 0 Å². The Morgan fingerprint density at radius 1 is 1.48 bits per heavy atom. The van der Waals surface area contributed by atoms with Gasteiger partial charge < -0.3 is 5.32 Å². The van der Waals surface area contributed by atoms with E-state index < -0.39 is 0 Å². The highest BCUT2D eigenvalue weighted by Gasteiger charge is 2.10. The summed E-state index contributed by atoms with van der Waals surface area (Å²) in [6.45, 7) is 1.96. The lowest BCUT2D eigenvalue weighted by molar-refractivity contribution is -0.117. The number of benzene rings is 1. The number of amides is 1. The fourth-order valence-corrected chi connectivity index (χ4v) is 2.16. The van der Waals surface area contributed by atoms with Gasteiger partial charge >= 0.3 is 0 Å². The van der Waals surface area contributed by atoms with Crippen molar-refractivity contribution in [3.8, 4) is 12.3 Å². The van der Waals surface area contributed by atoms with Gasteiger partial charge in [-0.1, -0.05) is 46.8 Å². The van der Waals surface area contributed by atoms with Gasteiger partial charge in [0.15, 0.2) is 0 Å². The van der Waals surface area contributed by atoms with Gasteiger partial charge in [-0.15, -0.1) is 6.42 Å². The molecular weight excluding hydrogens is 331 g/mol. The molecule has 0 heterocycles. The summed E-state index contributed by atoms with van der Waals surface area (Å²) in [6.07, 6.45) is 6.80. The van der Waals surface area contributed by atoms with Crippen molar-refractivity contribution < 1.29 is 4.79 Å². The molecule has 1 N–H and O–H groups in total. The van der Waals surface area contributed by atoms with E-state index in [-0.39, 0.29) is 16.6 Å². The Morgan fingerprint density at radius 2 is 2.19 bits per heavy atom. The van der Waals surface area contributed by atoms with Crippen molar-refractivity contribution >= 4 is 46.9 Å². The molecule has 21 heavy (non-hydrogen) atoms. The summed E-state index contributed by atoms with van der Waals surface area (Å²) in [4.78, 5) is 15.8. The minimum absolute atomic E-state index is 0.0943. The summed E-state index contributed by atoms with van der Waals surface area (Å²) in [5, 5.41) is 4.11. The van der Waals surface area contributed by atoms with Crippen molar-refractivity contribution in [2.24, 2.45) is 4.99 Å². The molecule has 1 aromatic rings. The molecule has 0 aromatic heterocycles. The predicted octanol–water partition coefficient (Wildman–Crippen LogP) is 3.83. The maximum absolute atomic E-state index is 11.9. The molecule has 1 aromatic carbocycles. The summed E-state index contributed by atoms with van der Waals surface area (Å²) in [5.74, 6) is 1.82. The van der Waals surface area contributed by atoms with Crippen LogP contribution in [0, 0.1) is 12.3 Å². The van der Waals surface area contributed by atoms with E-state index in [4.69, 9.17) is 41.2 Å². The van der Waals surface area contributed by atoms with E-state index in [1.54, 1.807) is 19.1 Å². The number of terminal acetylenes is 1. The van der Waals surface area contributed by atoms with Crippen molar-refractivity contribution in [3.05, 3.63) is 44.5 Å². The first kappa shape index (κ1) is 17.6. The smallest absolute Gasteiger partial charge is 0.271 e. The Bertz CT molecular complexity index is 626. The number of aliphatic imine (C=N–C) groups is 1. The molecule has 1 rings (SSSR count). The average molecular weight is 344 g/mol. The number of halogens is 3. The second kappa shape index (κ2) is 8.74. The number of hydrogen-bond acceptors (Lipinski definition) is 2. The topological polar surface area (TPSA) is 41.5 Å². The summed E-state index contributed by atoms with van der Waals surface area (Å²) in [7, 11) is 0. The first-order valence-corrected chi connectivity index (χ1v) is 7.16. The largest absolute Gasteiger partial charge is 0.350 e. The average Bonchev–Trinajstić information content (AvgIpc) is 2.41. The minimum atomic E-state index is -0.390. The van der Waals surface area contributed by atoms with Gasteiger partial charge in [0.2, 0.25) is 0 Å². The fourth-order valence-electron chi connectivity index (χ4n) is 1.52. The minimum Gasteiger partial charge on any atom is -0.350 e. The molecule has 110 valence electrons. The van der Waals surface area contributed by atoms with Crippen LogP contribution >= 0.6 is 34.8 Å².